The molecule has 12 heteroatoms. The zero-order valence-corrected chi connectivity index (χ0v) is 29.8. The summed E-state index contributed by atoms with van der Waals surface area (Å²) in [5.41, 5.74) is -0.259. The number of benzene rings is 1. The minimum Gasteiger partial charge on any atom is -0.387 e. The fourth-order valence-electron chi connectivity index (χ4n) is 6.95. The third-order valence-corrected chi connectivity index (χ3v) is 9.80. The van der Waals surface area contributed by atoms with Gasteiger partial charge in [-0.25, -0.2) is 0 Å². The van der Waals surface area contributed by atoms with E-state index in [1.54, 1.807) is 12.1 Å². The van der Waals surface area contributed by atoms with E-state index in [0.29, 0.717) is 48.9 Å². The molecule has 1 aliphatic carbocycles. The molecule has 4 rings (SSSR count). The third kappa shape index (κ3) is 9.36. The summed E-state index contributed by atoms with van der Waals surface area (Å²) in [6, 6.07) is 4.24. The SMILES string of the molecule is CCCNC(=O)C(=O)[C@H](CCC)NC(=O)[C@@H]1C[C@]2(CC(c3cccc(Cl)c3)=NO2)CN1C(=O)[C@@H](NC(=O)CC1CCCCC1)C(C)(C)C. The Balaban J connectivity index is 1.60. The highest BCUT2D eigenvalue weighted by atomic mass is 35.5. The predicted molar refractivity (Wildman–Crippen MR) is 184 cm³/mol. The minimum atomic E-state index is -1.05. The van der Waals surface area contributed by atoms with Crippen LogP contribution in [0.2, 0.25) is 5.02 Å². The number of nitrogens with one attached hydrogen (secondary N) is 3. The lowest BCUT2D eigenvalue weighted by molar-refractivity contribution is -0.145. The predicted octanol–water partition coefficient (Wildman–Crippen LogP) is 4.69. The van der Waals surface area contributed by atoms with Gasteiger partial charge in [0.1, 0.15) is 12.1 Å². The van der Waals surface area contributed by atoms with Crippen LogP contribution in [-0.2, 0) is 28.8 Å². The van der Waals surface area contributed by atoms with Crippen molar-refractivity contribution < 1.29 is 28.8 Å². The summed E-state index contributed by atoms with van der Waals surface area (Å²) in [6.45, 7) is 9.79. The Morgan fingerprint density at radius 2 is 1.79 bits per heavy atom. The number of ketones is 1. The summed E-state index contributed by atoms with van der Waals surface area (Å²) >= 11 is 6.24. The molecule has 48 heavy (non-hydrogen) atoms. The number of nitrogens with zero attached hydrogens (tertiary/aromatic N) is 2. The molecule has 1 saturated carbocycles. The van der Waals surface area contributed by atoms with E-state index in [1.807, 2.05) is 46.8 Å². The molecule has 1 spiro atoms. The zero-order chi connectivity index (χ0) is 35.1. The second-order valence-electron chi connectivity index (χ2n) is 14.7. The molecule has 3 aliphatic rings. The van der Waals surface area contributed by atoms with Crippen molar-refractivity contribution in [1.82, 2.24) is 20.9 Å². The maximum atomic E-state index is 14.5. The van der Waals surface area contributed by atoms with Gasteiger partial charge in [0.2, 0.25) is 23.5 Å². The van der Waals surface area contributed by atoms with Crippen LogP contribution in [-0.4, -0.2) is 76.8 Å². The van der Waals surface area contributed by atoms with Gasteiger partial charge in [-0.3, -0.25) is 24.0 Å². The Labute approximate surface area is 289 Å². The summed E-state index contributed by atoms with van der Waals surface area (Å²) in [4.78, 5) is 75.1. The van der Waals surface area contributed by atoms with Crippen molar-refractivity contribution in [3.63, 3.8) is 0 Å². The van der Waals surface area contributed by atoms with E-state index in [2.05, 4.69) is 21.1 Å². The third-order valence-electron chi connectivity index (χ3n) is 9.57. The van der Waals surface area contributed by atoms with Gasteiger partial charge in [-0.15, -0.1) is 0 Å². The van der Waals surface area contributed by atoms with Gasteiger partial charge < -0.3 is 25.7 Å². The van der Waals surface area contributed by atoms with Crippen LogP contribution in [0.5, 0.6) is 0 Å². The number of carbonyl (C=O) groups excluding carboxylic acids is 5. The lowest BCUT2D eigenvalue weighted by Crippen LogP contribution is -2.59. The van der Waals surface area contributed by atoms with Gasteiger partial charge in [0, 0.05) is 36.4 Å². The Hall–Kier alpha value is -3.47. The highest BCUT2D eigenvalue weighted by Gasteiger charge is 2.55. The molecule has 0 radical (unpaired) electrons. The van der Waals surface area contributed by atoms with Crippen LogP contribution in [0.15, 0.2) is 29.4 Å². The molecule has 3 N–H and O–H groups in total. The van der Waals surface area contributed by atoms with E-state index >= 15 is 0 Å². The first-order valence-corrected chi connectivity index (χ1v) is 17.9. The van der Waals surface area contributed by atoms with Crippen molar-refractivity contribution in [2.45, 2.75) is 129 Å². The fraction of sp³-hybridized carbons (Fsp3) is 0.667. The van der Waals surface area contributed by atoms with Crippen LogP contribution in [0.1, 0.15) is 111 Å². The molecule has 1 saturated heterocycles. The number of carbonyl (C=O) groups is 5. The quantitative estimate of drug-likeness (QED) is 0.257. The largest absolute Gasteiger partial charge is 0.387 e. The van der Waals surface area contributed by atoms with E-state index < -0.39 is 52.6 Å². The first kappa shape index (κ1) is 37.4. The van der Waals surface area contributed by atoms with Gasteiger partial charge in [-0.1, -0.05) is 89.2 Å². The minimum absolute atomic E-state index is 0.0476. The van der Waals surface area contributed by atoms with Crippen molar-refractivity contribution in [1.29, 1.82) is 0 Å². The first-order valence-electron chi connectivity index (χ1n) is 17.5. The maximum absolute atomic E-state index is 14.5. The Morgan fingerprint density at radius 3 is 2.44 bits per heavy atom. The van der Waals surface area contributed by atoms with Crippen LogP contribution in [0.3, 0.4) is 0 Å². The Morgan fingerprint density at radius 1 is 1.06 bits per heavy atom. The molecule has 0 unspecified atom stereocenters. The van der Waals surface area contributed by atoms with Crippen LogP contribution in [0, 0.1) is 11.3 Å². The van der Waals surface area contributed by atoms with Gasteiger partial charge in [0.15, 0.2) is 5.60 Å². The molecule has 4 atom stereocenters. The molecule has 11 nitrogen and oxygen atoms in total. The van der Waals surface area contributed by atoms with Crippen molar-refractivity contribution in [2.24, 2.45) is 16.5 Å². The number of likely N-dealkylation sites (tertiary alicyclic amines) is 1. The number of halogens is 1. The highest BCUT2D eigenvalue weighted by molar-refractivity contribution is 6.38. The molecule has 2 aliphatic heterocycles. The summed E-state index contributed by atoms with van der Waals surface area (Å²) in [5, 5.41) is 13.3. The van der Waals surface area contributed by atoms with Crippen LogP contribution < -0.4 is 16.0 Å². The smallest absolute Gasteiger partial charge is 0.289 e. The topological polar surface area (TPSA) is 146 Å². The number of oxime groups is 1. The van der Waals surface area contributed by atoms with E-state index in [-0.39, 0.29) is 25.3 Å². The molecule has 2 heterocycles. The van der Waals surface area contributed by atoms with Gasteiger partial charge in [0.05, 0.1) is 18.3 Å². The maximum Gasteiger partial charge on any atom is 0.289 e. The van der Waals surface area contributed by atoms with Crippen molar-refractivity contribution in [2.75, 3.05) is 13.1 Å². The van der Waals surface area contributed by atoms with Crippen molar-refractivity contribution >= 4 is 46.7 Å². The number of hydrogen-bond donors (Lipinski definition) is 3. The van der Waals surface area contributed by atoms with Gasteiger partial charge >= 0.3 is 0 Å². The van der Waals surface area contributed by atoms with E-state index in [9.17, 15) is 24.0 Å². The van der Waals surface area contributed by atoms with Crippen LogP contribution >= 0.6 is 11.6 Å². The molecule has 0 bridgehead atoms. The first-order chi connectivity index (χ1) is 22.8. The Kier molecular flexibility index (Phi) is 12.7. The number of hydrogen-bond acceptors (Lipinski definition) is 7. The second kappa shape index (κ2) is 16.3. The summed E-state index contributed by atoms with van der Waals surface area (Å²) < 4.78 is 0. The number of amides is 4. The summed E-state index contributed by atoms with van der Waals surface area (Å²) in [6.07, 6.45) is 7.65. The molecule has 4 amide bonds. The standard InChI is InChI=1S/C36H52ClN5O6/c1-6-12-26(30(44)33(46)38-17-7-2)39-32(45)28-21-36(20-27(41-48-36)24-15-11-16-25(37)19-24)22-42(28)34(47)31(35(3,4)5)40-29(43)18-23-13-9-8-10-14-23/h11,15-16,19,23,26,28,31H,6-10,12-14,17-18,20-22H2,1-5H3,(H,38,46)(H,39,45)(H,40,43)/t26-,28-,31+,36+/m0/s1. The highest BCUT2D eigenvalue weighted by Crippen LogP contribution is 2.40. The van der Waals surface area contributed by atoms with Gasteiger partial charge in [-0.05, 0) is 49.1 Å². The second-order valence-corrected chi connectivity index (χ2v) is 15.2. The monoisotopic (exact) mass is 685 g/mol. The normalized spacial score (nSPS) is 22.4. The summed E-state index contributed by atoms with van der Waals surface area (Å²) in [7, 11) is 0. The fourth-order valence-corrected chi connectivity index (χ4v) is 7.14. The van der Waals surface area contributed by atoms with E-state index in [0.717, 1.165) is 31.2 Å². The number of rotatable bonds is 13. The van der Waals surface area contributed by atoms with Crippen molar-refractivity contribution in [3.05, 3.63) is 34.9 Å². The molecule has 0 aromatic heterocycles. The summed E-state index contributed by atoms with van der Waals surface area (Å²) in [5.74, 6) is -2.33. The van der Waals surface area contributed by atoms with Crippen LogP contribution in [0.25, 0.3) is 0 Å². The average molecular weight is 686 g/mol. The van der Waals surface area contributed by atoms with Gasteiger partial charge in [0.25, 0.3) is 5.91 Å². The molecular weight excluding hydrogens is 634 g/mol. The molecular formula is C36H52ClN5O6. The zero-order valence-electron chi connectivity index (χ0n) is 29.0. The van der Waals surface area contributed by atoms with E-state index in [4.69, 9.17) is 16.4 Å². The molecule has 1 aromatic carbocycles. The van der Waals surface area contributed by atoms with Crippen LogP contribution in [0.4, 0.5) is 0 Å². The number of Topliss-reactive ketones (excluding diaryl/α,β-unsaturated/α-hetero) is 1. The molecule has 2 fully saturated rings. The average Bonchev–Trinajstić information content (AvgIpc) is 3.65. The Bertz CT molecular complexity index is 1390. The van der Waals surface area contributed by atoms with Gasteiger partial charge in [-0.2, -0.15) is 0 Å². The van der Waals surface area contributed by atoms with Crippen molar-refractivity contribution in [3.8, 4) is 0 Å². The lowest BCUT2D eigenvalue weighted by atomic mass is 9.84. The van der Waals surface area contributed by atoms with E-state index in [1.165, 1.54) is 11.3 Å². The molecule has 1 aromatic rings. The molecule has 264 valence electrons. The lowest BCUT2D eigenvalue weighted by Gasteiger charge is -2.36.